The smallest absolute Gasteiger partial charge is 0.416 e. The number of carbonyl (C=O) groups is 9. The summed E-state index contributed by atoms with van der Waals surface area (Å²) in [5, 5.41) is 37.7. The van der Waals surface area contributed by atoms with Crippen LogP contribution in [0.1, 0.15) is 136 Å². The first-order valence-corrected chi connectivity index (χ1v) is 37.6. The molecule has 0 radical (unpaired) electrons. The van der Waals surface area contributed by atoms with Gasteiger partial charge in [0.2, 0.25) is 35.4 Å². The average Bonchev–Trinajstić information content (AvgIpc) is 1.62. The first-order valence-electron chi connectivity index (χ1n) is 37.6. The Hall–Kier alpha value is -12.0. The maximum atomic E-state index is 14.5. The zero-order valence-electron chi connectivity index (χ0n) is 63.4. The van der Waals surface area contributed by atoms with E-state index in [0.717, 1.165) is 57.0 Å². The van der Waals surface area contributed by atoms with Gasteiger partial charge in [-0.3, -0.25) is 38.4 Å². The van der Waals surface area contributed by atoms with Crippen LogP contribution >= 0.6 is 0 Å². The van der Waals surface area contributed by atoms with E-state index in [1.165, 1.54) is 33.3 Å². The number of benzene rings is 6. The lowest BCUT2D eigenvalue weighted by Gasteiger charge is -2.31. The molecule has 1 aliphatic carbocycles. The molecule has 0 unspecified atom stereocenters. The SMILES string of the molecule is COc1ccc(C2=CN3C(=O)c4cc(OC)c(OCCCCCOc5cc6c(cc5OC)C(=O)N5CC7(CC7)C[C@H]5[C@H](O)N6C(=O)OCc5ccc(NC(=O)[C@H](C)NC(=O)[C@@H](NC(=O)CNC(=O)CNC(=O)CCC(=O)N6Cc7ccccc7-c7c(nnn7C(C)C)-c7ccccc76)C(C)C)cc5)cc4NC[C@@H]3C2)cc1. The number of nitrogens with one attached hydrogen (secondary N) is 6. The first-order chi connectivity index (χ1) is 53.5. The zero-order valence-corrected chi connectivity index (χ0v) is 63.4. The van der Waals surface area contributed by atoms with Crippen molar-refractivity contribution in [1.29, 1.82) is 0 Å². The number of fused-ring (bicyclic) bond motifs is 9. The second-order valence-corrected chi connectivity index (χ2v) is 29.4. The van der Waals surface area contributed by atoms with Crippen molar-refractivity contribution in [3.63, 3.8) is 0 Å². The fourth-order valence-electron chi connectivity index (χ4n) is 14.8. The molecule has 5 aliphatic heterocycles. The number of aliphatic hydroxyl groups excluding tert-OH is 1. The summed E-state index contributed by atoms with van der Waals surface area (Å²) in [7, 11) is 4.62. The van der Waals surface area contributed by atoms with Gasteiger partial charge >= 0.3 is 6.09 Å². The van der Waals surface area contributed by atoms with Crippen molar-refractivity contribution < 1.29 is 76.7 Å². The predicted octanol–water partition coefficient (Wildman–Crippen LogP) is 9.14. The number of anilines is 4. The fourth-order valence-corrected chi connectivity index (χ4v) is 14.8. The molecule has 1 saturated carbocycles. The van der Waals surface area contributed by atoms with E-state index in [1.807, 2.05) is 104 Å². The molecule has 6 aliphatic rings. The quantitative estimate of drug-likeness (QED) is 0.0225. The Bertz CT molecular complexity index is 4750. The largest absolute Gasteiger partial charge is 0.497 e. The van der Waals surface area contributed by atoms with Crippen LogP contribution in [0.4, 0.5) is 27.5 Å². The number of aromatic nitrogens is 3. The number of para-hydroxylation sites is 1. The lowest BCUT2D eigenvalue weighted by Crippen LogP contribution is -2.55. The van der Waals surface area contributed by atoms with Gasteiger partial charge in [0.05, 0.1) is 100 Å². The molecule has 1 spiro atoms. The van der Waals surface area contributed by atoms with Crippen LogP contribution in [0.2, 0.25) is 0 Å². The van der Waals surface area contributed by atoms with Crippen LogP contribution in [-0.4, -0.2) is 174 Å². The van der Waals surface area contributed by atoms with Crippen molar-refractivity contribution in [2.24, 2.45) is 11.3 Å². The van der Waals surface area contributed by atoms with Crippen LogP contribution in [0.25, 0.3) is 28.1 Å². The van der Waals surface area contributed by atoms with E-state index in [1.54, 1.807) is 66.0 Å². The summed E-state index contributed by atoms with van der Waals surface area (Å²) < 4.78 is 37.2. The third-order valence-corrected chi connectivity index (χ3v) is 21.1. The minimum absolute atomic E-state index is 0.0193. The third kappa shape index (κ3) is 16.9. The molecular weight excluding hydrogens is 1420 g/mol. The molecular formula is C82H93N13O16. The van der Waals surface area contributed by atoms with Gasteiger partial charge in [-0.1, -0.05) is 85.8 Å². The molecule has 29 nitrogen and oxygen atoms in total. The normalized spacial score (nSPS) is 17.4. The Labute approximate surface area is 642 Å². The van der Waals surface area contributed by atoms with Crippen molar-refractivity contribution in [3.8, 4) is 51.3 Å². The van der Waals surface area contributed by atoms with Gasteiger partial charge in [0.15, 0.2) is 29.2 Å². The molecule has 7 N–H and O–H groups in total. The van der Waals surface area contributed by atoms with Crippen LogP contribution in [0.3, 0.4) is 0 Å². The van der Waals surface area contributed by atoms with Gasteiger partial charge in [0.1, 0.15) is 30.1 Å². The molecule has 9 amide bonds. The van der Waals surface area contributed by atoms with Gasteiger partial charge in [-0.15, -0.1) is 5.10 Å². The highest BCUT2D eigenvalue weighted by molar-refractivity contribution is 6.07. The van der Waals surface area contributed by atoms with E-state index in [2.05, 4.69) is 42.2 Å². The van der Waals surface area contributed by atoms with E-state index in [-0.39, 0.29) is 90.6 Å². The number of nitrogens with zero attached hydrogens (tertiary/aromatic N) is 7. The van der Waals surface area contributed by atoms with Crippen LogP contribution in [0, 0.1) is 11.3 Å². The van der Waals surface area contributed by atoms with E-state index < -0.39 is 79.0 Å². The molecule has 2 fully saturated rings. The van der Waals surface area contributed by atoms with E-state index in [9.17, 15) is 48.3 Å². The van der Waals surface area contributed by atoms with Crippen LogP contribution in [0.15, 0.2) is 128 Å². The van der Waals surface area contributed by atoms with Gasteiger partial charge < -0.3 is 80.1 Å². The molecule has 13 rings (SSSR count). The monoisotopic (exact) mass is 1520 g/mol. The molecule has 6 aromatic carbocycles. The molecule has 1 aromatic heterocycles. The molecule has 0 bridgehead atoms. The fraction of sp³-hybridized carbons (Fsp3) is 0.402. The summed E-state index contributed by atoms with van der Waals surface area (Å²) in [5.41, 5.74) is 8.76. The van der Waals surface area contributed by atoms with Crippen molar-refractivity contribution >= 4 is 81.7 Å². The Morgan fingerprint density at radius 1 is 0.676 bits per heavy atom. The van der Waals surface area contributed by atoms with Crippen LogP contribution in [0.5, 0.6) is 28.7 Å². The minimum atomic E-state index is -1.48. The Kier molecular flexibility index (Phi) is 23.3. The second kappa shape index (κ2) is 33.5. The van der Waals surface area contributed by atoms with E-state index >= 15 is 0 Å². The van der Waals surface area contributed by atoms with E-state index in [0.29, 0.717) is 97.2 Å². The number of ether oxygens (including phenoxy) is 6. The molecule has 1 saturated heterocycles. The van der Waals surface area contributed by atoms with Gasteiger partial charge in [-0.2, -0.15) is 0 Å². The number of rotatable bonds is 28. The lowest BCUT2D eigenvalue weighted by atomic mass is 9.95. The number of unbranched alkanes of at least 4 members (excludes halogenated alkanes) is 2. The molecule has 111 heavy (non-hydrogen) atoms. The number of hydrogen-bond donors (Lipinski definition) is 7. The summed E-state index contributed by atoms with van der Waals surface area (Å²) in [6.45, 7) is 9.40. The number of carbonyl (C=O) groups excluding carboxylic acids is 9. The standard InChI is InChI=1S/C82H93N13O16/c1-47(2)73(88-71(98)42-85-70(97)41-84-69(96)28-29-72(99)92-43-52-16-10-11-17-57(52)75-74(89-90-95(75)48(3)4)58-18-12-13-19-62(58)92)77(101)86-49(5)76(100)87-54-24-20-50(21-25-54)45-111-81(105)94-63-38-68(66(108-8)36-60(63)79(103)93-46-82(30-31-82)39-64(93)80(94)104)110-33-15-9-14-32-109-67-37-61-59(35-65(67)107-7)78(102)91-44-53(34-55(91)40-83-61)51-22-26-56(106-6)27-23-51/h10-13,16-27,35-38,44,47-49,55,64,73,80,83,104H,9,14-15,28-34,39-43,45-46H2,1-8H3,(H,84,96)(H,85,97)(H,86,101)(H,87,100)(H,88,98)/t49-,55-,64-,73-,80-/m0/s1. The topological polar surface area (TPSA) is 345 Å². The third-order valence-electron chi connectivity index (χ3n) is 21.1. The highest BCUT2D eigenvalue weighted by atomic mass is 16.6. The van der Waals surface area contributed by atoms with E-state index in [4.69, 9.17) is 28.4 Å². The summed E-state index contributed by atoms with van der Waals surface area (Å²) in [5.74, 6) is -2.29. The number of aliphatic hydroxyl groups is 1. The maximum Gasteiger partial charge on any atom is 0.416 e. The van der Waals surface area contributed by atoms with Crippen LogP contribution < -0.4 is 65.4 Å². The molecule has 7 aromatic rings. The molecule has 5 atom stereocenters. The van der Waals surface area contributed by atoms with Crippen molar-refractivity contribution in [2.45, 2.75) is 142 Å². The molecule has 6 heterocycles. The summed E-state index contributed by atoms with van der Waals surface area (Å²) in [4.78, 5) is 129. The predicted molar refractivity (Wildman–Crippen MR) is 412 cm³/mol. The van der Waals surface area contributed by atoms with Gasteiger partial charge in [-0.25, -0.2) is 14.4 Å². The highest BCUT2D eigenvalue weighted by Crippen LogP contribution is 2.57. The van der Waals surface area contributed by atoms with Crippen molar-refractivity contribution in [1.82, 2.24) is 46.1 Å². The molecule has 582 valence electrons. The average molecular weight is 1520 g/mol. The Morgan fingerprint density at radius 3 is 2.05 bits per heavy atom. The Morgan fingerprint density at radius 2 is 1.35 bits per heavy atom. The minimum Gasteiger partial charge on any atom is -0.497 e. The zero-order chi connectivity index (χ0) is 78.4. The number of amides is 9. The number of hydrogen-bond acceptors (Lipinski definition) is 19. The highest BCUT2D eigenvalue weighted by Gasteiger charge is 2.58. The molecule has 29 heteroatoms. The second-order valence-electron chi connectivity index (χ2n) is 29.4. The number of methoxy groups -OCH3 is 3. The van der Waals surface area contributed by atoms with Gasteiger partial charge in [-0.05, 0) is 142 Å². The first kappa shape index (κ1) is 77.2. The van der Waals surface area contributed by atoms with Crippen LogP contribution in [-0.2, 0) is 46.7 Å². The van der Waals surface area contributed by atoms with Gasteiger partial charge in [0, 0.05) is 67.1 Å². The summed E-state index contributed by atoms with van der Waals surface area (Å²) in [6, 6.07) is 33.0. The maximum absolute atomic E-state index is 14.5. The van der Waals surface area contributed by atoms with Crippen molar-refractivity contribution in [2.75, 3.05) is 81.2 Å². The summed E-state index contributed by atoms with van der Waals surface area (Å²) in [6.07, 6.45) is 4.02. The Balaban J connectivity index is 0.556. The lowest BCUT2D eigenvalue weighted by molar-refractivity contribution is -0.132. The summed E-state index contributed by atoms with van der Waals surface area (Å²) >= 11 is 0. The van der Waals surface area contributed by atoms with Gasteiger partial charge in [0.25, 0.3) is 11.8 Å². The van der Waals surface area contributed by atoms with Crippen molar-refractivity contribution in [3.05, 3.63) is 155 Å².